The first-order valence-corrected chi connectivity index (χ1v) is 4.57. The monoisotopic (exact) mass is 189 g/mol. The summed E-state index contributed by atoms with van der Waals surface area (Å²) in [5.74, 6) is 0.913. The van der Waals surface area contributed by atoms with E-state index in [0.29, 0.717) is 17.0 Å². The van der Waals surface area contributed by atoms with Crippen LogP contribution in [0.2, 0.25) is 0 Å². The topological polar surface area (TPSA) is 43.1 Å². The molecule has 0 saturated heterocycles. The summed E-state index contributed by atoms with van der Waals surface area (Å²) in [4.78, 5) is 15.0. The van der Waals surface area contributed by atoms with Crippen LogP contribution >= 0.6 is 0 Å². The fourth-order valence-electron chi connectivity index (χ4n) is 1.33. The second-order valence-electron chi connectivity index (χ2n) is 3.52. The highest BCUT2D eigenvalue weighted by atomic mass is 16.3. The van der Waals surface area contributed by atoms with Gasteiger partial charge in [0.25, 0.3) is 0 Å². The molecule has 0 unspecified atom stereocenters. The highest BCUT2D eigenvalue weighted by Crippen LogP contribution is 2.22. The second-order valence-corrected chi connectivity index (χ2v) is 3.52. The third-order valence-corrected chi connectivity index (χ3v) is 2.08. The summed E-state index contributed by atoms with van der Waals surface area (Å²) in [6, 6.07) is 5.38. The van der Waals surface area contributed by atoms with Crippen molar-refractivity contribution in [3.05, 3.63) is 29.7 Å². The Bertz CT molecular complexity index is 471. The smallest absolute Gasteiger partial charge is 0.198 e. The molecule has 0 spiro atoms. The first-order chi connectivity index (χ1) is 6.72. The van der Waals surface area contributed by atoms with E-state index in [1.807, 2.05) is 19.9 Å². The molecular weight excluding hydrogens is 178 g/mol. The number of para-hydroxylation sites is 1. The predicted octanol–water partition coefficient (Wildman–Crippen LogP) is 2.76. The van der Waals surface area contributed by atoms with Gasteiger partial charge in [-0.1, -0.05) is 19.9 Å². The maximum absolute atomic E-state index is 10.7. The standard InChI is InChI=1S/C11H11NO2/c1-7(2)11-12-9-5-3-4-8(6-13)10(9)14-11/h3-7H,1-2H3. The van der Waals surface area contributed by atoms with E-state index in [4.69, 9.17) is 4.42 Å². The van der Waals surface area contributed by atoms with Gasteiger partial charge in [0.05, 0.1) is 5.56 Å². The Morgan fingerprint density at radius 3 is 2.86 bits per heavy atom. The van der Waals surface area contributed by atoms with Crippen LogP contribution in [0.25, 0.3) is 11.1 Å². The highest BCUT2D eigenvalue weighted by molar-refractivity contribution is 5.92. The normalized spacial score (nSPS) is 11.1. The summed E-state index contributed by atoms with van der Waals surface area (Å²) in [5.41, 5.74) is 1.89. The lowest BCUT2D eigenvalue weighted by atomic mass is 10.2. The van der Waals surface area contributed by atoms with Crippen molar-refractivity contribution in [1.29, 1.82) is 0 Å². The number of oxazole rings is 1. The molecule has 0 fully saturated rings. The van der Waals surface area contributed by atoms with Crippen molar-refractivity contribution in [2.75, 3.05) is 0 Å². The van der Waals surface area contributed by atoms with E-state index in [1.54, 1.807) is 12.1 Å². The number of benzene rings is 1. The van der Waals surface area contributed by atoms with Gasteiger partial charge in [-0.15, -0.1) is 0 Å². The number of nitrogens with zero attached hydrogens (tertiary/aromatic N) is 1. The zero-order valence-corrected chi connectivity index (χ0v) is 8.15. The molecule has 0 radical (unpaired) electrons. The molecule has 2 aromatic rings. The molecule has 0 atom stereocenters. The molecule has 0 aliphatic heterocycles. The fraction of sp³-hybridized carbons (Fsp3) is 0.273. The number of aldehydes is 1. The van der Waals surface area contributed by atoms with Gasteiger partial charge in [-0.3, -0.25) is 4.79 Å². The zero-order valence-electron chi connectivity index (χ0n) is 8.15. The third kappa shape index (κ3) is 1.31. The molecule has 0 N–H and O–H groups in total. The predicted molar refractivity (Wildman–Crippen MR) is 53.5 cm³/mol. The molecule has 0 aliphatic carbocycles. The van der Waals surface area contributed by atoms with Crippen LogP contribution < -0.4 is 0 Å². The number of fused-ring (bicyclic) bond motifs is 1. The summed E-state index contributed by atoms with van der Waals surface area (Å²) in [5, 5.41) is 0. The third-order valence-electron chi connectivity index (χ3n) is 2.08. The second kappa shape index (κ2) is 3.25. The van der Waals surface area contributed by atoms with Crippen LogP contribution in [0.4, 0.5) is 0 Å². The molecule has 1 heterocycles. The summed E-state index contributed by atoms with van der Waals surface area (Å²) in [6.45, 7) is 4.01. The van der Waals surface area contributed by atoms with E-state index in [1.165, 1.54) is 0 Å². The van der Waals surface area contributed by atoms with Gasteiger partial charge in [0.15, 0.2) is 17.8 Å². The van der Waals surface area contributed by atoms with Crippen molar-refractivity contribution in [2.45, 2.75) is 19.8 Å². The van der Waals surface area contributed by atoms with Gasteiger partial charge in [0.2, 0.25) is 0 Å². The van der Waals surface area contributed by atoms with Gasteiger partial charge in [0, 0.05) is 5.92 Å². The molecule has 72 valence electrons. The van der Waals surface area contributed by atoms with Crippen LogP contribution in [0, 0.1) is 0 Å². The molecule has 3 nitrogen and oxygen atoms in total. The van der Waals surface area contributed by atoms with Crippen LogP contribution in [0.15, 0.2) is 22.6 Å². The van der Waals surface area contributed by atoms with E-state index in [0.717, 1.165) is 11.8 Å². The minimum absolute atomic E-state index is 0.238. The Labute approximate surface area is 81.7 Å². The minimum atomic E-state index is 0.238. The molecule has 0 bridgehead atoms. The van der Waals surface area contributed by atoms with E-state index < -0.39 is 0 Å². The molecule has 0 aliphatic rings. The van der Waals surface area contributed by atoms with E-state index >= 15 is 0 Å². The number of rotatable bonds is 2. The summed E-state index contributed by atoms with van der Waals surface area (Å²) in [7, 11) is 0. The van der Waals surface area contributed by atoms with Gasteiger partial charge < -0.3 is 4.42 Å². The average molecular weight is 189 g/mol. The van der Waals surface area contributed by atoms with Gasteiger partial charge in [-0.05, 0) is 12.1 Å². The van der Waals surface area contributed by atoms with Crippen LogP contribution in [-0.2, 0) is 0 Å². The molecule has 1 aromatic heterocycles. The quantitative estimate of drug-likeness (QED) is 0.682. The molecular formula is C11H11NO2. The average Bonchev–Trinajstić information content (AvgIpc) is 2.60. The fourth-order valence-corrected chi connectivity index (χ4v) is 1.33. The lowest BCUT2D eigenvalue weighted by Crippen LogP contribution is -1.84. The largest absolute Gasteiger partial charge is 0.440 e. The molecule has 2 rings (SSSR count). The van der Waals surface area contributed by atoms with E-state index in [9.17, 15) is 4.79 Å². The maximum atomic E-state index is 10.7. The molecule has 0 saturated carbocycles. The van der Waals surface area contributed by atoms with Gasteiger partial charge in [-0.25, -0.2) is 4.98 Å². The number of carbonyl (C=O) groups is 1. The summed E-state index contributed by atoms with van der Waals surface area (Å²) >= 11 is 0. The molecule has 1 aromatic carbocycles. The Kier molecular flexibility index (Phi) is 2.08. The van der Waals surface area contributed by atoms with Crippen molar-refractivity contribution in [1.82, 2.24) is 4.98 Å². The van der Waals surface area contributed by atoms with E-state index in [-0.39, 0.29) is 5.92 Å². The first kappa shape index (κ1) is 8.94. The van der Waals surface area contributed by atoms with Crippen LogP contribution in [0.3, 0.4) is 0 Å². The highest BCUT2D eigenvalue weighted by Gasteiger charge is 2.11. The van der Waals surface area contributed by atoms with Crippen molar-refractivity contribution in [3.8, 4) is 0 Å². The summed E-state index contributed by atoms with van der Waals surface area (Å²) < 4.78 is 5.51. The van der Waals surface area contributed by atoms with Crippen LogP contribution in [0.1, 0.15) is 36.0 Å². The van der Waals surface area contributed by atoms with Crippen molar-refractivity contribution in [3.63, 3.8) is 0 Å². The number of carbonyl (C=O) groups excluding carboxylic acids is 1. The lowest BCUT2D eigenvalue weighted by Gasteiger charge is -1.94. The van der Waals surface area contributed by atoms with Crippen molar-refractivity contribution >= 4 is 17.4 Å². The Morgan fingerprint density at radius 1 is 1.43 bits per heavy atom. The number of hydrogen-bond donors (Lipinski definition) is 0. The molecule has 0 amide bonds. The Hall–Kier alpha value is -1.64. The Morgan fingerprint density at radius 2 is 2.21 bits per heavy atom. The van der Waals surface area contributed by atoms with Crippen LogP contribution in [-0.4, -0.2) is 11.3 Å². The van der Waals surface area contributed by atoms with Crippen LogP contribution in [0.5, 0.6) is 0 Å². The molecule has 3 heteroatoms. The zero-order chi connectivity index (χ0) is 10.1. The van der Waals surface area contributed by atoms with Gasteiger partial charge >= 0.3 is 0 Å². The minimum Gasteiger partial charge on any atom is -0.440 e. The van der Waals surface area contributed by atoms with Gasteiger partial charge in [-0.2, -0.15) is 0 Å². The van der Waals surface area contributed by atoms with E-state index in [2.05, 4.69) is 4.98 Å². The Balaban J connectivity index is 2.70. The maximum Gasteiger partial charge on any atom is 0.198 e. The van der Waals surface area contributed by atoms with Gasteiger partial charge in [0.1, 0.15) is 5.52 Å². The summed E-state index contributed by atoms with van der Waals surface area (Å²) in [6.07, 6.45) is 0.789. The lowest BCUT2D eigenvalue weighted by molar-refractivity contribution is 0.112. The number of aromatic nitrogens is 1. The van der Waals surface area contributed by atoms with Crippen molar-refractivity contribution in [2.24, 2.45) is 0 Å². The molecule has 14 heavy (non-hydrogen) atoms. The van der Waals surface area contributed by atoms with Crippen molar-refractivity contribution < 1.29 is 9.21 Å². The first-order valence-electron chi connectivity index (χ1n) is 4.57. The SMILES string of the molecule is CC(C)c1nc2cccc(C=O)c2o1. The number of hydrogen-bond acceptors (Lipinski definition) is 3.